The van der Waals surface area contributed by atoms with Gasteiger partial charge in [-0.1, -0.05) is 91.0 Å². The first-order chi connectivity index (χ1) is 17.7. The summed E-state index contributed by atoms with van der Waals surface area (Å²) in [5, 5.41) is 13.6. The monoisotopic (exact) mass is 527 g/mol. The van der Waals surface area contributed by atoms with Crippen LogP contribution in [0.1, 0.15) is 16.7 Å². The zero-order chi connectivity index (χ0) is 26.7. The van der Waals surface area contributed by atoms with Crippen LogP contribution < -0.4 is 5.32 Å². The van der Waals surface area contributed by atoms with Crippen molar-refractivity contribution < 1.29 is 36.8 Å². The van der Waals surface area contributed by atoms with E-state index in [0.717, 1.165) is 6.26 Å². The largest absolute Gasteiger partial charge is 0.459 e. The van der Waals surface area contributed by atoms with Gasteiger partial charge in [-0.2, -0.15) is 8.42 Å². The predicted molar refractivity (Wildman–Crippen MR) is 136 cm³/mol. The summed E-state index contributed by atoms with van der Waals surface area (Å²) in [6.45, 7) is -1.04. The Kier molecular flexibility index (Phi) is 9.78. The number of amides is 1. The van der Waals surface area contributed by atoms with Gasteiger partial charge in [0.1, 0.15) is 19.3 Å². The van der Waals surface area contributed by atoms with Crippen molar-refractivity contribution in [3.63, 3.8) is 0 Å². The Balaban J connectivity index is 1.91. The van der Waals surface area contributed by atoms with Gasteiger partial charge in [0.25, 0.3) is 10.1 Å². The average Bonchev–Trinajstić information content (AvgIpc) is 2.90. The molecule has 3 aromatic carbocycles. The van der Waals surface area contributed by atoms with Crippen LogP contribution in [0.25, 0.3) is 0 Å². The molecule has 37 heavy (non-hydrogen) atoms. The summed E-state index contributed by atoms with van der Waals surface area (Å²) in [5.41, 5.74) is -0.174. The molecular formula is C27H29NO8S. The molecule has 0 spiro atoms. The first-order valence-electron chi connectivity index (χ1n) is 11.4. The van der Waals surface area contributed by atoms with Crippen molar-refractivity contribution in [1.29, 1.82) is 0 Å². The number of aliphatic hydroxyl groups excluding tert-OH is 1. The molecule has 2 atom stereocenters. The minimum atomic E-state index is -3.96. The highest BCUT2D eigenvalue weighted by molar-refractivity contribution is 7.85. The molecule has 3 aromatic rings. The summed E-state index contributed by atoms with van der Waals surface area (Å²) in [7, 11) is -3.96. The van der Waals surface area contributed by atoms with Crippen molar-refractivity contribution in [2.75, 3.05) is 12.9 Å². The van der Waals surface area contributed by atoms with Gasteiger partial charge in [-0.3, -0.25) is 4.18 Å². The Morgan fingerprint density at radius 1 is 0.811 bits per heavy atom. The lowest BCUT2D eigenvalue weighted by molar-refractivity contribution is -0.159. The zero-order valence-electron chi connectivity index (χ0n) is 20.3. The zero-order valence-corrected chi connectivity index (χ0v) is 21.1. The topological polar surface area (TPSA) is 128 Å². The maximum atomic E-state index is 13.6. The van der Waals surface area contributed by atoms with Crippen molar-refractivity contribution in [3.8, 4) is 0 Å². The van der Waals surface area contributed by atoms with Crippen LogP contribution >= 0.6 is 0 Å². The lowest BCUT2D eigenvalue weighted by atomic mass is 9.85. The third-order valence-corrected chi connectivity index (χ3v) is 6.01. The van der Waals surface area contributed by atoms with Crippen LogP contribution in [0.3, 0.4) is 0 Å². The van der Waals surface area contributed by atoms with Gasteiger partial charge < -0.3 is 19.9 Å². The van der Waals surface area contributed by atoms with Gasteiger partial charge in [0.15, 0.2) is 5.54 Å². The molecule has 0 aliphatic carbocycles. The molecule has 0 unspecified atom stereocenters. The lowest BCUT2D eigenvalue weighted by Crippen LogP contribution is -2.65. The molecule has 0 aliphatic rings. The Hall–Kier alpha value is -3.73. The van der Waals surface area contributed by atoms with Crippen molar-refractivity contribution in [1.82, 2.24) is 5.32 Å². The number of nitrogens with one attached hydrogen (secondary N) is 1. The van der Waals surface area contributed by atoms with E-state index in [9.17, 15) is 23.1 Å². The molecule has 0 aliphatic heterocycles. The normalized spacial score (nSPS) is 13.7. The number of aliphatic hydroxyl groups is 1. The van der Waals surface area contributed by atoms with E-state index in [2.05, 4.69) is 5.32 Å². The summed E-state index contributed by atoms with van der Waals surface area (Å²) in [6.07, 6.45) is -2.23. The second-order valence-electron chi connectivity index (χ2n) is 8.39. The molecule has 0 fully saturated rings. The van der Waals surface area contributed by atoms with Crippen LogP contribution in [0.2, 0.25) is 0 Å². The molecule has 9 nitrogen and oxygen atoms in total. The number of ether oxygens (including phenoxy) is 2. The maximum Gasteiger partial charge on any atom is 0.408 e. The summed E-state index contributed by atoms with van der Waals surface area (Å²) in [4.78, 5) is 26.5. The lowest BCUT2D eigenvalue weighted by Gasteiger charge is -2.36. The van der Waals surface area contributed by atoms with Crippen molar-refractivity contribution in [3.05, 3.63) is 108 Å². The molecule has 0 aromatic heterocycles. The van der Waals surface area contributed by atoms with Crippen LogP contribution in [-0.4, -0.2) is 50.1 Å². The molecule has 196 valence electrons. The van der Waals surface area contributed by atoms with Crippen molar-refractivity contribution in [2.45, 2.75) is 31.3 Å². The van der Waals surface area contributed by atoms with Crippen molar-refractivity contribution >= 4 is 22.2 Å². The number of alkyl carbamates (subject to hydrolysis) is 1. The van der Waals surface area contributed by atoms with E-state index in [0.29, 0.717) is 16.7 Å². The molecule has 0 radical (unpaired) electrons. The molecule has 0 saturated carbocycles. The number of carbonyl (C=O) groups excluding carboxylic acids is 2. The van der Waals surface area contributed by atoms with Gasteiger partial charge in [-0.25, -0.2) is 9.59 Å². The minimum Gasteiger partial charge on any atom is -0.459 e. The van der Waals surface area contributed by atoms with Gasteiger partial charge in [-0.05, 0) is 16.7 Å². The number of rotatable bonds is 12. The SMILES string of the molecule is CS(=O)(=O)OC[C@@H](O)[C@](Cc1ccccc1)(NC(=O)OCc1ccccc1)C(=O)OCc1ccccc1. The smallest absolute Gasteiger partial charge is 0.408 e. The predicted octanol–water partition coefficient (Wildman–Crippen LogP) is 2.97. The number of benzene rings is 3. The molecule has 3 rings (SSSR count). The Morgan fingerprint density at radius 3 is 1.76 bits per heavy atom. The summed E-state index contributed by atoms with van der Waals surface area (Å²) >= 11 is 0. The fraction of sp³-hybridized carbons (Fsp3) is 0.259. The third kappa shape index (κ3) is 8.71. The van der Waals surface area contributed by atoms with E-state index < -0.39 is 40.4 Å². The third-order valence-electron chi connectivity index (χ3n) is 5.45. The molecule has 0 saturated heterocycles. The molecule has 0 bridgehead atoms. The molecule has 0 heterocycles. The average molecular weight is 528 g/mol. The van der Waals surface area contributed by atoms with E-state index >= 15 is 0 Å². The molecule has 1 amide bonds. The van der Waals surface area contributed by atoms with Gasteiger partial charge in [0, 0.05) is 6.42 Å². The van der Waals surface area contributed by atoms with Crippen LogP contribution in [-0.2, 0) is 48.2 Å². The van der Waals surface area contributed by atoms with E-state index in [-0.39, 0.29) is 19.6 Å². The Bertz CT molecular complexity index is 1250. The first kappa shape index (κ1) is 27.9. The van der Waals surface area contributed by atoms with E-state index in [1.807, 2.05) is 12.1 Å². The molecule has 10 heteroatoms. The maximum absolute atomic E-state index is 13.6. The first-order valence-corrected chi connectivity index (χ1v) is 13.3. The number of hydrogen-bond donors (Lipinski definition) is 2. The standard InChI is InChI=1S/C27H29NO8S/c1-37(32,33)36-20-24(29)27(17-21-11-5-2-6-12-21,25(30)34-18-22-13-7-3-8-14-22)28-26(31)35-19-23-15-9-4-10-16-23/h2-16,24,29H,17-20H2,1H3,(H,28,31)/t24-,27+/m1/s1. The van der Waals surface area contributed by atoms with E-state index in [1.54, 1.807) is 78.9 Å². The van der Waals surface area contributed by atoms with Gasteiger partial charge in [0.2, 0.25) is 0 Å². The van der Waals surface area contributed by atoms with Crippen LogP contribution in [0.5, 0.6) is 0 Å². The molecule has 2 N–H and O–H groups in total. The Labute approximate surface area is 216 Å². The quantitative estimate of drug-likeness (QED) is 0.272. The van der Waals surface area contributed by atoms with Crippen LogP contribution in [0, 0.1) is 0 Å². The summed E-state index contributed by atoms with van der Waals surface area (Å²) in [5.74, 6) is -0.985. The van der Waals surface area contributed by atoms with Gasteiger partial charge in [-0.15, -0.1) is 0 Å². The highest BCUT2D eigenvalue weighted by Gasteiger charge is 2.49. The number of carbonyl (C=O) groups is 2. The van der Waals surface area contributed by atoms with Crippen LogP contribution in [0.15, 0.2) is 91.0 Å². The highest BCUT2D eigenvalue weighted by atomic mass is 32.2. The van der Waals surface area contributed by atoms with Gasteiger partial charge in [0.05, 0.1) is 12.9 Å². The number of esters is 1. The van der Waals surface area contributed by atoms with Crippen molar-refractivity contribution in [2.24, 2.45) is 0 Å². The Morgan fingerprint density at radius 2 is 1.27 bits per heavy atom. The van der Waals surface area contributed by atoms with Crippen LogP contribution in [0.4, 0.5) is 4.79 Å². The summed E-state index contributed by atoms with van der Waals surface area (Å²) < 4.78 is 38.8. The second kappa shape index (κ2) is 13.0. The fourth-order valence-electron chi connectivity index (χ4n) is 3.55. The van der Waals surface area contributed by atoms with E-state index in [1.165, 1.54) is 0 Å². The van der Waals surface area contributed by atoms with E-state index in [4.69, 9.17) is 13.7 Å². The summed E-state index contributed by atoms with van der Waals surface area (Å²) in [6, 6.07) is 26.3. The second-order valence-corrected chi connectivity index (χ2v) is 10.0. The van der Waals surface area contributed by atoms with Gasteiger partial charge >= 0.3 is 12.1 Å². The number of hydrogen-bond acceptors (Lipinski definition) is 8. The fourth-order valence-corrected chi connectivity index (χ4v) is 3.92. The minimum absolute atomic E-state index is 0.0942. The molecular weight excluding hydrogens is 498 g/mol. The highest BCUT2D eigenvalue weighted by Crippen LogP contribution is 2.23.